The number of nitrogens with zero attached hydrogens (tertiary/aromatic N) is 3. The van der Waals surface area contributed by atoms with Crippen molar-refractivity contribution in [3.05, 3.63) is 18.2 Å². The van der Waals surface area contributed by atoms with Gasteiger partial charge in [-0.25, -0.2) is 12.7 Å². The molecule has 20 heavy (non-hydrogen) atoms. The van der Waals surface area contributed by atoms with Crippen LogP contribution in [-0.4, -0.2) is 46.1 Å². The SMILES string of the molecule is CC(CN(C)S(=O)(=O)c1cccc2nsnc12)C(=O)O. The van der Waals surface area contributed by atoms with Gasteiger partial charge in [-0.2, -0.15) is 8.75 Å². The molecule has 0 radical (unpaired) electrons. The molecule has 2 rings (SSSR count). The number of carboxylic acids is 1. The van der Waals surface area contributed by atoms with Crippen LogP contribution in [0.25, 0.3) is 11.0 Å². The monoisotopic (exact) mass is 315 g/mol. The molecule has 0 spiro atoms. The summed E-state index contributed by atoms with van der Waals surface area (Å²) in [4.78, 5) is 10.9. The Bertz CT molecular complexity index is 741. The highest BCUT2D eigenvalue weighted by Gasteiger charge is 2.27. The van der Waals surface area contributed by atoms with E-state index in [2.05, 4.69) is 8.75 Å². The maximum Gasteiger partial charge on any atom is 0.307 e. The van der Waals surface area contributed by atoms with Crippen molar-refractivity contribution in [2.75, 3.05) is 13.6 Å². The molecule has 0 bridgehead atoms. The van der Waals surface area contributed by atoms with Gasteiger partial charge < -0.3 is 5.11 Å². The number of hydrogen-bond acceptors (Lipinski definition) is 6. The van der Waals surface area contributed by atoms with Crippen LogP contribution in [0, 0.1) is 5.92 Å². The first-order valence-electron chi connectivity index (χ1n) is 5.74. The van der Waals surface area contributed by atoms with Crippen LogP contribution in [0.3, 0.4) is 0 Å². The first-order chi connectivity index (χ1) is 9.34. The lowest BCUT2D eigenvalue weighted by Gasteiger charge is -2.19. The molecule has 1 aromatic heterocycles. The molecule has 0 fully saturated rings. The van der Waals surface area contributed by atoms with E-state index in [9.17, 15) is 13.2 Å². The van der Waals surface area contributed by atoms with Crippen LogP contribution in [0.1, 0.15) is 6.92 Å². The van der Waals surface area contributed by atoms with E-state index >= 15 is 0 Å². The van der Waals surface area contributed by atoms with Crippen molar-refractivity contribution in [1.29, 1.82) is 0 Å². The number of sulfonamides is 1. The van der Waals surface area contributed by atoms with Gasteiger partial charge in [-0.1, -0.05) is 13.0 Å². The molecule has 0 aliphatic rings. The smallest absolute Gasteiger partial charge is 0.307 e. The zero-order valence-corrected chi connectivity index (χ0v) is 12.5. The molecule has 1 unspecified atom stereocenters. The summed E-state index contributed by atoms with van der Waals surface area (Å²) in [6.45, 7) is 1.35. The van der Waals surface area contributed by atoms with E-state index in [1.54, 1.807) is 12.1 Å². The number of fused-ring (bicyclic) bond motifs is 1. The Kier molecular flexibility index (Phi) is 4.02. The van der Waals surface area contributed by atoms with Crippen molar-refractivity contribution in [2.24, 2.45) is 5.92 Å². The van der Waals surface area contributed by atoms with Crippen molar-refractivity contribution >= 4 is 38.8 Å². The van der Waals surface area contributed by atoms with Crippen molar-refractivity contribution < 1.29 is 18.3 Å². The highest BCUT2D eigenvalue weighted by atomic mass is 32.2. The van der Waals surface area contributed by atoms with Gasteiger partial charge in [-0.05, 0) is 12.1 Å². The lowest BCUT2D eigenvalue weighted by Crippen LogP contribution is -2.33. The molecule has 0 aliphatic heterocycles. The molecule has 0 saturated heterocycles. The summed E-state index contributed by atoms with van der Waals surface area (Å²) >= 11 is 0.937. The molecule has 1 heterocycles. The standard InChI is InChI=1S/C11H13N3O4S2/c1-7(11(15)16)6-14(2)20(17,18)9-5-3-4-8-10(9)13-19-12-8/h3-5,7H,6H2,1-2H3,(H,15,16). The normalized spacial score (nSPS) is 13.8. The molecule has 1 aromatic carbocycles. The van der Waals surface area contributed by atoms with E-state index < -0.39 is 21.9 Å². The molecule has 1 atom stereocenters. The number of aromatic nitrogens is 2. The van der Waals surface area contributed by atoms with Crippen molar-refractivity contribution in [1.82, 2.24) is 13.1 Å². The maximum absolute atomic E-state index is 12.5. The van der Waals surface area contributed by atoms with E-state index in [1.807, 2.05) is 0 Å². The number of carboxylic acid groups (broad SMARTS) is 1. The second kappa shape index (κ2) is 5.43. The molecule has 0 aliphatic carbocycles. The van der Waals surface area contributed by atoms with Crippen LogP contribution in [0.15, 0.2) is 23.1 Å². The van der Waals surface area contributed by atoms with Crippen molar-refractivity contribution in [3.63, 3.8) is 0 Å². The minimum Gasteiger partial charge on any atom is -0.481 e. The first-order valence-corrected chi connectivity index (χ1v) is 7.91. The minimum atomic E-state index is -3.79. The van der Waals surface area contributed by atoms with Gasteiger partial charge in [-0.3, -0.25) is 4.79 Å². The third-order valence-electron chi connectivity index (χ3n) is 2.89. The van der Waals surface area contributed by atoms with E-state index in [0.29, 0.717) is 11.0 Å². The van der Waals surface area contributed by atoms with Crippen molar-refractivity contribution in [3.8, 4) is 0 Å². The highest BCUT2D eigenvalue weighted by molar-refractivity contribution is 7.89. The van der Waals surface area contributed by atoms with Gasteiger partial charge in [0.1, 0.15) is 15.9 Å². The number of aliphatic carboxylic acids is 1. The lowest BCUT2D eigenvalue weighted by molar-refractivity contribution is -0.141. The summed E-state index contributed by atoms with van der Waals surface area (Å²) in [5, 5.41) is 8.86. The van der Waals surface area contributed by atoms with Gasteiger partial charge in [0, 0.05) is 13.6 Å². The molecule has 7 nitrogen and oxygen atoms in total. The van der Waals surface area contributed by atoms with Gasteiger partial charge in [0.2, 0.25) is 10.0 Å². The number of rotatable bonds is 5. The first kappa shape index (κ1) is 14.8. The summed E-state index contributed by atoms with van der Waals surface area (Å²) in [7, 11) is -2.44. The van der Waals surface area contributed by atoms with Crippen LogP contribution >= 0.6 is 11.7 Å². The molecule has 9 heteroatoms. The Labute approximate surface area is 120 Å². The number of benzene rings is 1. The Morgan fingerprint density at radius 2 is 2.15 bits per heavy atom. The minimum absolute atomic E-state index is 0.0452. The second-order valence-electron chi connectivity index (χ2n) is 4.41. The van der Waals surface area contributed by atoms with Gasteiger partial charge in [0.05, 0.1) is 17.6 Å². The predicted molar refractivity (Wildman–Crippen MR) is 74.0 cm³/mol. The Balaban J connectivity index is 2.39. The zero-order chi connectivity index (χ0) is 14.9. The fourth-order valence-corrected chi connectivity index (χ4v) is 3.73. The number of carbonyl (C=O) groups is 1. The largest absolute Gasteiger partial charge is 0.481 e. The lowest BCUT2D eigenvalue weighted by atomic mass is 10.2. The summed E-state index contributed by atoms with van der Waals surface area (Å²) in [6.07, 6.45) is 0. The van der Waals surface area contributed by atoms with E-state index in [0.717, 1.165) is 16.0 Å². The van der Waals surface area contributed by atoms with E-state index in [-0.39, 0.29) is 11.4 Å². The molecule has 1 N–H and O–H groups in total. The fraction of sp³-hybridized carbons (Fsp3) is 0.364. The van der Waals surface area contributed by atoms with Crippen molar-refractivity contribution in [2.45, 2.75) is 11.8 Å². The second-order valence-corrected chi connectivity index (χ2v) is 6.95. The number of hydrogen-bond donors (Lipinski definition) is 1. The van der Waals surface area contributed by atoms with Crippen LogP contribution in [0.2, 0.25) is 0 Å². The Morgan fingerprint density at radius 3 is 2.80 bits per heavy atom. The molecule has 0 saturated carbocycles. The van der Waals surface area contributed by atoms with E-state index in [4.69, 9.17) is 5.11 Å². The van der Waals surface area contributed by atoms with Crippen LogP contribution in [0.5, 0.6) is 0 Å². The third kappa shape index (κ3) is 2.65. The van der Waals surface area contributed by atoms with Crippen LogP contribution in [0.4, 0.5) is 0 Å². The van der Waals surface area contributed by atoms with Crippen LogP contribution in [-0.2, 0) is 14.8 Å². The summed E-state index contributed by atoms with van der Waals surface area (Å²) in [5.41, 5.74) is 0.822. The van der Waals surface area contributed by atoms with Gasteiger partial charge in [0.25, 0.3) is 0 Å². The topological polar surface area (TPSA) is 100 Å². The molecule has 2 aromatic rings. The molecular weight excluding hydrogens is 302 g/mol. The summed E-state index contributed by atoms with van der Waals surface area (Å²) in [5.74, 6) is -1.83. The summed E-state index contributed by atoms with van der Waals surface area (Å²) < 4.78 is 34.0. The Hall–Kier alpha value is -1.58. The Morgan fingerprint density at radius 1 is 1.45 bits per heavy atom. The average molecular weight is 315 g/mol. The quantitative estimate of drug-likeness (QED) is 0.884. The van der Waals surface area contributed by atoms with Gasteiger partial charge in [-0.15, -0.1) is 0 Å². The molecular formula is C11H13N3O4S2. The summed E-state index contributed by atoms with van der Waals surface area (Å²) in [6, 6.07) is 4.71. The average Bonchev–Trinajstić information content (AvgIpc) is 2.85. The van der Waals surface area contributed by atoms with Gasteiger partial charge in [0.15, 0.2) is 0 Å². The van der Waals surface area contributed by atoms with Gasteiger partial charge >= 0.3 is 5.97 Å². The molecule has 108 valence electrons. The molecule has 0 amide bonds. The maximum atomic E-state index is 12.5. The van der Waals surface area contributed by atoms with Crippen LogP contribution < -0.4 is 0 Å². The fourth-order valence-electron chi connectivity index (χ4n) is 1.72. The predicted octanol–water partition coefficient (Wildman–Crippen LogP) is 1.03. The highest BCUT2D eigenvalue weighted by Crippen LogP contribution is 2.24. The van der Waals surface area contributed by atoms with E-state index in [1.165, 1.54) is 20.0 Å². The zero-order valence-electron chi connectivity index (χ0n) is 10.8. The third-order valence-corrected chi connectivity index (χ3v) is 5.29.